The van der Waals surface area contributed by atoms with Crippen LogP contribution < -0.4 is 11.1 Å². The molecule has 0 radical (unpaired) electrons. The zero-order chi connectivity index (χ0) is 30.7. The Bertz CT molecular complexity index is 2050. The van der Waals surface area contributed by atoms with E-state index in [0.717, 1.165) is 24.5 Å². The van der Waals surface area contributed by atoms with Gasteiger partial charge in [-0.15, -0.1) is 0 Å². The maximum Gasteiger partial charge on any atom is 0.274 e. The van der Waals surface area contributed by atoms with Gasteiger partial charge in [0, 0.05) is 80.6 Å². The quantitative estimate of drug-likeness (QED) is 0.265. The van der Waals surface area contributed by atoms with Gasteiger partial charge in [0.1, 0.15) is 11.5 Å². The molecule has 44 heavy (non-hydrogen) atoms. The van der Waals surface area contributed by atoms with Crippen molar-refractivity contribution in [2.45, 2.75) is 12.8 Å². The van der Waals surface area contributed by atoms with Crippen molar-refractivity contribution in [2.75, 3.05) is 6.54 Å². The number of allylic oxidation sites excluding steroid dienone is 1. The van der Waals surface area contributed by atoms with Gasteiger partial charge in [-0.05, 0) is 48.6 Å². The number of aromatic nitrogens is 7. The molecule has 8 rings (SSSR count). The number of rotatable bonds is 0. The van der Waals surface area contributed by atoms with E-state index in [1.54, 1.807) is 78.1 Å². The molecular weight excluding hydrogens is 562 g/mol. The molecule has 0 aliphatic carbocycles. The van der Waals surface area contributed by atoms with Crippen molar-refractivity contribution in [3.05, 3.63) is 130 Å². The van der Waals surface area contributed by atoms with Crippen molar-refractivity contribution in [3.63, 3.8) is 0 Å². The van der Waals surface area contributed by atoms with E-state index in [-0.39, 0.29) is 16.9 Å². The van der Waals surface area contributed by atoms with Crippen molar-refractivity contribution in [2.24, 2.45) is 15.1 Å². The number of carbonyl (C=O) groups excluding carboxylic acids is 1. The number of amidine groups is 1. The summed E-state index contributed by atoms with van der Waals surface area (Å²) >= 11 is 0. The first-order chi connectivity index (χ1) is 21.5. The normalized spacial score (nSPS) is 14.2. The topological polar surface area (TPSA) is 165 Å². The molecule has 0 unspecified atom stereocenters. The third kappa shape index (κ3) is 7.50. The van der Waals surface area contributed by atoms with Crippen molar-refractivity contribution in [1.82, 2.24) is 39.2 Å². The lowest BCUT2D eigenvalue weighted by molar-refractivity contribution is 0.0996. The maximum atomic E-state index is 11.1. The second-order valence-corrected chi connectivity index (χ2v) is 9.01. The molecule has 0 spiro atoms. The van der Waals surface area contributed by atoms with Crippen LogP contribution in [0.15, 0.2) is 129 Å². The number of Topliss-reactive ketones (excluding diaryl/α,β-unsaturated/α-hetero) is 1. The van der Waals surface area contributed by atoms with Crippen LogP contribution in [0.5, 0.6) is 0 Å². The van der Waals surface area contributed by atoms with Crippen molar-refractivity contribution >= 4 is 41.0 Å². The van der Waals surface area contributed by atoms with E-state index in [1.807, 2.05) is 17.2 Å². The first-order valence-corrected chi connectivity index (χ1v) is 13.3. The summed E-state index contributed by atoms with van der Waals surface area (Å²) in [7, 11) is 0. The maximum absolute atomic E-state index is 11.1. The van der Waals surface area contributed by atoms with Crippen LogP contribution in [-0.4, -0.2) is 69.8 Å². The van der Waals surface area contributed by atoms with Gasteiger partial charge >= 0.3 is 0 Å². The summed E-state index contributed by atoms with van der Waals surface area (Å²) in [5, 5.41) is 13.8. The van der Waals surface area contributed by atoms with Gasteiger partial charge in [-0.3, -0.25) is 24.4 Å². The minimum absolute atomic E-state index is 0.0515. The SMILES string of the molecule is C=C1CCN2N=CC=CC2=N1.O=C1CC=Nc2cccnc21.O=c1ccn2ncccc2n1.O=c1ccnc2cccnn12. The number of hydrogen-bond acceptors (Lipinski definition) is 12. The van der Waals surface area contributed by atoms with Crippen LogP contribution in [-0.2, 0) is 0 Å². The number of ketones is 1. The van der Waals surface area contributed by atoms with E-state index in [1.165, 1.54) is 22.8 Å². The predicted molar refractivity (Wildman–Crippen MR) is 165 cm³/mol. The smallest absolute Gasteiger partial charge is 0.274 e. The molecule has 218 valence electrons. The second-order valence-electron chi connectivity index (χ2n) is 9.01. The zero-order valence-corrected chi connectivity index (χ0v) is 23.3. The molecule has 0 saturated heterocycles. The van der Waals surface area contributed by atoms with Crippen molar-refractivity contribution in [3.8, 4) is 0 Å². The van der Waals surface area contributed by atoms with Crippen LogP contribution in [0.3, 0.4) is 0 Å². The van der Waals surface area contributed by atoms with Crippen LogP contribution in [0.25, 0.3) is 11.3 Å². The number of fused-ring (bicyclic) bond motifs is 4. The van der Waals surface area contributed by atoms with Crippen molar-refractivity contribution < 1.29 is 4.79 Å². The Hall–Kier alpha value is -6.31. The lowest BCUT2D eigenvalue weighted by Crippen LogP contribution is -2.30. The van der Waals surface area contributed by atoms with Gasteiger partial charge in [0.25, 0.3) is 11.1 Å². The molecule has 0 amide bonds. The van der Waals surface area contributed by atoms with Gasteiger partial charge in [-0.2, -0.15) is 24.8 Å². The molecule has 0 fully saturated rings. The molecule has 5 aromatic rings. The molecule has 3 aliphatic heterocycles. The largest absolute Gasteiger partial charge is 0.292 e. The lowest BCUT2D eigenvalue weighted by atomic mass is 10.1. The Morgan fingerprint density at radius 3 is 2.50 bits per heavy atom. The minimum Gasteiger partial charge on any atom is -0.292 e. The fourth-order valence-corrected chi connectivity index (χ4v) is 3.90. The summed E-state index contributed by atoms with van der Waals surface area (Å²) < 4.78 is 2.79. The minimum atomic E-state index is -0.238. The fraction of sp³-hybridized carbons (Fsp3) is 0.100. The molecular formula is C30H25N11O3. The van der Waals surface area contributed by atoms with Crippen LogP contribution in [0.1, 0.15) is 23.3 Å². The Balaban J connectivity index is 0.000000116. The van der Waals surface area contributed by atoms with Crippen LogP contribution >= 0.6 is 0 Å². The number of nitrogens with zero attached hydrogens (tertiary/aromatic N) is 11. The highest BCUT2D eigenvalue weighted by Crippen LogP contribution is 2.20. The zero-order valence-electron chi connectivity index (χ0n) is 23.3. The van der Waals surface area contributed by atoms with Crippen molar-refractivity contribution in [1.29, 1.82) is 0 Å². The average molecular weight is 588 g/mol. The van der Waals surface area contributed by atoms with Gasteiger partial charge in [-0.25, -0.2) is 19.5 Å². The molecule has 5 aromatic heterocycles. The summed E-state index contributed by atoms with van der Waals surface area (Å²) in [5.74, 6) is 0.958. The number of aliphatic imine (C=N–C) groups is 2. The molecule has 0 atom stereocenters. The Kier molecular flexibility index (Phi) is 9.32. The standard InChI is InChI=1S/C8H9N3.C8H6N2O.2C7H5N3O/c1-7-4-6-11-8(10-7)3-2-5-9-11;11-7-3-5-9-6-2-1-4-10-8(6)7;11-7-3-5-8-6-2-1-4-9-10(6)7;11-7-3-5-10-6(9-7)2-1-4-8-10/h2-3,5H,1,4,6H2;1-2,4-5H,3H2;2*1-5H. The first-order valence-electron chi connectivity index (χ1n) is 13.3. The van der Waals surface area contributed by atoms with Gasteiger partial charge in [0.05, 0.1) is 5.69 Å². The number of carbonyl (C=O) groups is 1. The molecule has 0 saturated carbocycles. The third-order valence-electron chi connectivity index (χ3n) is 5.95. The molecule has 0 aromatic carbocycles. The highest BCUT2D eigenvalue weighted by Gasteiger charge is 2.15. The summed E-state index contributed by atoms with van der Waals surface area (Å²) in [6, 6.07) is 13.2. The highest BCUT2D eigenvalue weighted by molar-refractivity contribution is 6.08. The summed E-state index contributed by atoms with van der Waals surface area (Å²) in [6.45, 7) is 4.71. The highest BCUT2D eigenvalue weighted by atomic mass is 16.1. The van der Waals surface area contributed by atoms with E-state index in [4.69, 9.17) is 0 Å². The Labute approximate surface area is 249 Å². The summed E-state index contributed by atoms with van der Waals surface area (Å²) in [6.07, 6.45) is 16.4. The Morgan fingerprint density at radius 1 is 0.841 bits per heavy atom. The molecule has 0 bridgehead atoms. The first kappa shape index (κ1) is 29.2. The van der Waals surface area contributed by atoms with Gasteiger partial charge < -0.3 is 0 Å². The molecule has 14 heteroatoms. The number of hydrogen-bond donors (Lipinski definition) is 0. The van der Waals surface area contributed by atoms with Gasteiger partial charge in [-0.1, -0.05) is 6.58 Å². The summed E-state index contributed by atoms with van der Waals surface area (Å²) in [5.41, 5.74) is 2.87. The van der Waals surface area contributed by atoms with E-state index >= 15 is 0 Å². The molecule has 3 aliphatic rings. The lowest BCUT2D eigenvalue weighted by Gasteiger charge is -2.24. The van der Waals surface area contributed by atoms with E-state index in [2.05, 4.69) is 46.8 Å². The Morgan fingerprint density at radius 2 is 1.66 bits per heavy atom. The predicted octanol–water partition coefficient (Wildman–Crippen LogP) is 2.71. The van der Waals surface area contributed by atoms with Gasteiger partial charge in [0.2, 0.25) is 0 Å². The van der Waals surface area contributed by atoms with Crippen LogP contribution in [0.2, 0.25) is 0 Å². The van der Waals surface area contributed by atoms with E-state index in [9.17, 15) is 14.4 Å². The monoisotopic (exact) mass is 587 g/mol. The second kappa shape index (κ2) is 14.0. The fourth-order valence-electron chi connectivity index (χ4n) is 3.90. The summed E-state index contributed by atoms with van der Waals surface area (Å²) in [4.78, 5) is 52.8. The van der Waals surface area contributed by atoms with Crippen LogP contribution in [0.4, 0.5) is 5.69 Å². The van der Waals surface area contributed by atoms with E-state index in [0.29, 0.717) is 29.1 Å². The third-order valence-corrected chi connectivity index (χ3v) is 5.95. The van der Waals surface area contributed by atoms with Gasteiger partial charge in [0.15, 0.2) is 17.1 Å². The molecule has 0 N–H and O–H groups in total. The average Bonchev–Trinajstić information content (AvgIpc) is 3.06. The number of hydrazone groups is 1. The number of pyridine rings is 1. The van der Waals surface area contributed by atoms with Crippen LogP contribution in [0, 0.1) is 0 Å². The molecule has 14 nitrogen and oxygen atoms in total. The molecule has 8 heterocycles. The van der Waals surface area contributed by atoms with E-state index < -0.39 is 0 Å².